The summed E-state index contributed by atoms with van der Waals surface area (Å²) in [5, 5.41) is 10.1. The van der Waals surface area contributed by atoms with Crippen LogP contribution in [0.5, 0.6) is 0 Å². The Morgan fingerprint density at radius 2 is 1.89 bits per heavy atom. The maximum absolute atomic E-state index is 16.2. The molecular weight excluding hydrogens is 486 g/mol. The van der Waals surface area contributed by atoms with E-state index in [1.807, 2.05) is 0 Å². The summed E-state index contributed by atoms with van der Waals surface area (Å²) in [6.07, 6.45) is 4.44. The van der Waals surface area contributed by atoms with Gasteiger partial charge in [-0.2, -0.15) is 23.4 Å². The Bertz CT molecular complexity index is 1330. The summed E-state index contributed by atoms with van der Waals surface area (Å²) < 4.78 is 57.2. The molecule has 0 aliphatic heterocycles. The summed E-state index contributed by atoms with van der Waals surface area (Å²) in [7, 11) is 0. The fourth-order valence-corrected chi connectivity index (χ4v) is 4.42. The van der Waals surface area contributed by atoms with Gasteiger partial charge in [-0.1, -0.05) is 42.0 Å². The third kappa shape index (κ3) is 4.45. The summed E-state index contributed by atoms with van der Waals surface area (Å²) in [6.45, 7) is 0. The van der Waals surface area contributed by atoms with Crippen LogP contribution in [0.1, 0.15) is 24.0 Å². The minimum Gasteiger partial charge on any atom is -0.322 e. The van der Waals surface area contributed by atoms with Crippen LogP contribution in [0, 0.1) is 11.8 Å². The largest absolute Gasteiger partial charge is 0.420 e. The van der Waals surface area contributed by atoms with E-state index in [-0.39, 0.29) is 11.6 Å². The van der Waals surface area contributed by atoms with Crippen molar-refractivity contribution >= 4 is 28.8 Å². The molecule has 35 heavy (non-hydrogen) atoms. The third-order valence-electron chi connectivity index (χ3n) is 6.05. The molecule has 11 heteroatoms. The maximum Gasteiger partial charge on any atom is 0.420 e. The number of anilines is 1. The number of carbonyl (C=O) groups excluding carboxylic acids is 1. The van der Waals surface area contributed by atoms with E-state index in [4.69, 9.17) is 11.6 Å². The van der Waals surface area contributed by atoms with Crippen LogP contribution in [0.15, 0.2) is 67.2 Å². The fourth-order valence-electron chi connectivity index (χ4n) is 4.17. The van der Waals surface area contributed by atoms with Gasteiger partial charge < -0.3 is 5.32 Å². The Balaban J connectivity index is 1.45. The zero-order chi connectivity index (χ0) is 24.8. The van der Waals surface area contributed by atoms with Gasteiger partial charge in [-0.25, -0.2) is 9.37 Å². The van der Waals surface area contributed by atoms with Gasteiger partial charge in [0.05, 0.1) is 24.3 Å². The highest BCUT2D eigenvalue weighted by Crippen LogP contribution is 2.49. The van der Waals surface area contributed by atoms with Crippen LogP contribution in [-0.2, 0) is 11.0 Å². The first-order valence-corrected chi connectivity index (χ1v) is 11.1. The molecule has 1 N–H and O–H groups in total. The Kier molecular flexibility index (Phi) is 5.71. The van der Waals surface area contributed by atoms with Crippen molar-refractivity contribution in [2.45, 2.75) is 24.7 Å². The molecule has 0 spiro atoms. The first-order chi connectivity index (χ1) is 16.7. The highest BCUT2D eigenvalue weighted by molar-refractivity contribution is 6.32. The molecule has 180 valence electrons. The molecule has 0 bridgehead atoms. The smallest absolute Gasteiger partial charge is 0.322 e. The maximum atomic E-state index is 16.2. The van der Waals surface area contributed by atoms with Crippen LogP contribution in [-0.4, -0.2) is 31.6 Å². The number of halogens is 5. The van der Waals surface area contributed by atoms with Crippen LogP contribution in [0.25, 0.3) is 11.4 Å². The Hall–Kier alpha value is -3.53. The van der Waals surface area contributed by atoms with Crippen molar-refractivity contribution in [3.63, 3.8) is 0 Å². The molecule has 0 saturated heterocycles. The molecule has 2 atom stereocenters. The lowest BCUT2D eigenvalue weighted by atomic mass is 9.78. The minimum absolute atomic E-state index is 0.0645. The van der Waals surface area contributed by atoms with Crippen molar-refractivity contribution in [1.29, 1.82) is 0 Å². The van der Waals surface area contributed by atoms with Gasteiger partial charge in [0.15, 0.2) is 5.82 Å². The average molecular weight is 504 g/mol. The normalized spacial score (nSPS) is 22.1. The second-order valence-corrected chi connectivity index (χ2v) is 8.84. The first kappa shape index (κ1) is 23.2. The SMILES string of the molecule is O=C(Nc1cnc(-n2nccn2)c(C(F)(F)F)c1)C1(F)C=CC(c2ccccc2Cl)=CC1C1CC1. The fraction of sp³-hybridized carbons (Fsp3) is 0.250. The van der Waals surface area contributed by atoms with Crippen molar-refractivity contribution in [3.8, 4) is 5.82 Å². The number of hydrogen-bond donors (Lipinski definition) is 1. The summed E-state index contributed by atoms with van der Waals surface area (Å²) in [4.78, 5) is 17.6. The topological polar surface area (TPSA) is 72.7 Å². The summed E-state index contributed by atoms with van der Waals surface area (Å²) in [5.41, 5.74) is -2.52. The van der Waals surface area contributed by atoms with E-state index in [0.717, 1.165) is 29.9 Å². The summed E-state index contributed by atoms with van der Waals surface area (Å²) in [5.74, 6) is -2.48. The molecule has 2 unspecified atom stereocenters. The molecule has 1 aromatic carbocycles. The lowest BCUT2D eigenvalue weighted by Crippen LogP contribution is -2.45. The number of allylic oxidation sites excluding steroid dienone is 3. The standard InChI is InChI=1S/C24H18ClF4N5O/c25-20-4-2-1-3-17(20)15-7-8-23(26,18(11-15)14-5-6-14)22(35)33-16-12-19(24(27,28)29)21(30-13-16)34-31-9-10-32-34/h1-4,7-14,18H,5-6H2,(H,33,35). The van der Waals surface area contributed by atoms with Gasteiger partial charge in [-0.05, 0) is 48.1 Å². The van der Waals surface area contributed by atoms with Crippen molar-refractivity contribution in [1.82, 2.24) is 20.0 Å². The van der Waals surface area contributed by atoms with Crippen molar-refractivity contribution in [2.24, 2.45) is 11.8 Å². The van der Waals surface area contributed by atoms with Crippen LogP contribution >= 0.6 is 11.6 Å². The van der Waals surface area contributed by atoms with Gasteiger partial charge in [-0.15, -0.1) is 4.80 Å². The van der Waals surface area contributed by atoms with Crippen LogP contribution in [0.2, 0.25) is 5.02 Å². The molecule has 2 aromatic heterocycles. The third-order valence-corrected chi connectivity index (χ3v) is 6.38. The number of amides is 1. The molecule has 1 saturated carbocycles. The lowest BCUT2D eigenvalue weighted by Gasteiger charge is -2.32. The van der Waals surface area contributed by atoms with Gasteiger partial charge in [0, 0.05) is 10.9 Å². The van der Waals surface area contributed by atoms with E-state index < -0.39 is 35.1 Å². The predicted molar refractivity (Wildman–Crippen MR) is 121 cm³/mol. The van der Waals surface area contributed by atoms with E-state index in [1.54, 1.807) is 30.3 Å². The Morgan fingerprint density at radius 1 is 1.17 bits per heavy atom. The average Bonchev–Trinajstić information content (AvgIpc) is 3.52. The van der Waals surface area contributed by atoms with Gasteiger partial charge in [0.25, 0.3) is 5.91 Å². The number of hydrogen-bond acceptors (Lipinski definition) is 4. The van der Waals surface area contributed by atoms with E-state index in [1.165, 1.54) is 18.5 Å². The zero-order valence-electron chi connectivity index (χ0n) is 18.0. The van der Waals surface area contributed by atoms with E-state index in [9.17, 15) is 18.0 Å². The number of benzene rings is 1. The van der Waals surface area contributed by atoms with E-state index >= 15 is 4.39 Å². The zero-order valence-corrected chi connectivity index (χ0v) is 18.8. The number of nitrogens with one attached hydrogen (secondary N) is 1. The number of rotatable bonds is 5. The Labute approximate surface area is 202 Å². The molecule has 6 nitrogen and oxygen atoms in total. The molecular formula is C24H18ClF4N5O. The van der Waals surface area contributed by atoms with Gasteiger partial charge >= 0.3 is 6.18 Å². The van der Waals surface area contributed by atoms with Gasteiger partial charge in [0.2, 0.25) is 5.67 Å². The van der Waals surface area contributed by atoms with E-state index in [2.05, 4.69) is 20.5 Å². The number of carbonyl (C=O) groups is 1. The number of nitrogens with zero attached hydrogens (tertiary/aromatic N) is 4. The highest BCUT2D eigenvalue weighted by Gasteiger charge is 2.51. The lowest BCUT2D eigenvalue weighted by molar-refractivity contribution is -0.138. The van der Waals surface area contributed by atoms with Crippen LogP contribution in [0.3, 0.4) is 0 Å². The second kappa shape index (κ2) is 8.60. The number of pyridine rings is 1. The second-order valence-electron chi connectivity index (χ2n) is 8.43. The van der Waals surface area contributed by atoms with Crippen molar-refractivity contribution in [3.05, 3.63) is 83.3 Å². The van der Waals surface area contributed by atoms with Crippen LogP contribution < -0.4 is 5.32 Å². The van der Waals surface area contributed by atoms with E-state index in [0.29, 0.717) is 22.2 Å². The minimum atomic E-state index is -4.81. The van der Waals surface area contributed by atoms with Crippen molar-refractivity contribution < 1.29 is 22.4 Å². The Morgan fingerprint density at radius 3 is 2.54 bits per heavy atom. The molecule has 5 rings (SSSR count). The number of aromatic nitrogens is 4. The number of alkyl halides is 4. The molecule has 2 aliphatic rings. The molecule has 1 fully saturated rings. The summed E-state index contributed by atoms with van der Waals surface area (Å²) >= 11 is 6.29. The monoisotopic (exact) mass is 503 g/mol. The predicted octanol–water partition coefficient (Wildman–Crippen LogP) is 5.66. The van der Waals surface area contributed by atoms with Gasteiger partial charge in [0.1, 0.15) is 5.56 Å². The van der Waals surface area contributed by atoms with Crippen LogP contribution in [0.4, 0.5) is 23.2 Å². The van der Waals surface area contributed by atoms with Crippen molar-refractivity contribution in [2.75, 3.05) is 5.32 Å². The molecule has 0 radical (unpaired) electrons. The molecule has 1 amide bonds. The highest BCUT2D eigenvalue weighted by atomic mass is 35.5. The molecule has 2 heterocycles. The summed E-state index contributed by atoms with van der Waals surface area (Å²) in [6, 6.07) is 7.79. The van der Waals surface area contributed by atoms with Gasteiger partial charge in [-0.3, -0.25) is 4.79 Å². The molecule has 2 aliphatic carbocycles. The molecule has 3 aromatic rings. The first-order valence-electron chi connectivity index (χ1n) is 10.8. The quantitative estimate of drug-likeness (QED) is 0.456.